The van der Waals surface area contributed by atoms with E-state index in [0.717, 1.165) is 0 Å². The number of furan rings is 1. The molecule has 0 bridgehead atoms. The maximum absolute atomic E-state index is 11.2. The fourth-order valence-corrected chi connectivity index (χ4v) is 3.26. The van der Waals surface area contributed by atoms with E-state index in [1.165, 1.54) is 12.1 Å². The van der Waals surface area contributed by atoms with Crippen molar-refractivity contribution < 1.29 is 22.7 Å². The summed E-state index contributed by atoms with van der Waals surface area (Å²) in [5.74, 6) is -0.555. The molecule has 2 N–H and O–H groups in total. The van der Waals surface area contributed by atoms with Gasteiger partial charge in [-0.15, -0.1) is 0 Å². The van der Waals surface area contributed by atoms with Gasteiger partial charge in [0.15, 0.2) is 5.88 Å². The van der Waals surface area contributed by atoms with Crippen LogP contribution in [0.15, 0.2) is 16.5 Å². The van der Waals surface area contributed by atoms with Crippen LogP contribution in [0.5, 0.6) is 0 Å². The molecule has 0 amide bonds. The van der Waals surface area contributed by atoms with Crippen LogP contribution in [0, 0.1) is 0 Å². The highest BCUT2D eigenvalue weighted by Gasteiger charge is 2.24. The van der Waals surface area contributed by atoms with Gasteiger partial charge >= 0.3 is 5.97 Å². The van der Waals surface area contributed by atoms with Crippen molar-refractivity contribution in [2.75, 3.05) is 16.8 Å². The van der Waals surface area contributed by atoms with Crippen molar-refractivity contribution in [2.24, 2.45) is 0 Å². The van der Waals surface area contributed by atoms with Crippen LogP contribution < -0.4 is 5.32 Å². The number of anilines is 1. The lowest BCUT2D eigenvalue weighted by molar-refractivity contribution is 0.0663. The zero-order chi connectivity index (χ0) is 12.5. The smallest absolute Gasteiger partial charge is 0.371 e. The monoisotopic (exact) mass is 259 g/mol. The third-order valence-corrected chi connectivity index (χ3v) is 4.43. The van der Waals surface area contributed by atoms with Crippen molar-refractivity contribution in [1.82, 2.24) is 0 Å². The van der Waals surface area contributed by atoms with Gasteiger partial charge in [-0.2, -0.15) is 0 Å². The van der Waals surface area contributed by atoms with E-state index in [1.807, 2.05) is 0 Å². The summed E-state index contributed by atoms with van der Waals surface area (Å²) in [6.45, 7) is 0. The second kappa shape index (κ2) is 4.40. The molecule has 0 spiro atoms. The molecule has 0 aromatic carbocycles. The number of sulfone groups is 1. The van der Waals surface area contributed by atoms with E-state index in [2.05, 4.69) is 5.32 Å². The van der Waals surface area contributed by atoms with Crippen LogP contribution in [-0.4, -0.2) is 37.0 Å². The highest BCUT2D eigenvalue weighted by atomic mass is 32.2. The average Bonchev–Trinajstić information content (AvgIpc) is 2.70. The summed E-state index contributed by atoms with van der Waals surface area (Å²) in [7, 11) is -2.88. The Labute approximate surface area is 98.5 Å². The van der Waals surface area contributed by atoms with Crippen molar-refractivity contribution in [3.8, 4) is 0 Å². The summed E-state index contributed by atoms with van der Waals surface area (Å²) < 4.78 is 27.5. The van der Waals surface area contributed by atoms with Crippen LogP contribution >= 0.6 is 0 Å². The van der Waals surface area contributed by atoms with Gasteiger partial charge in [0.1, 0.15) is 9.84 Å². The van der Waals surface area contributed by atoms with Gasteiger partial charge in [0.25, 0.3) is 0 Å². The molecule has 0 saturated carbocycles. The molecule has 1 aliphatic rings. The summed E-state index contributed by atoms with van der Waals surface area (Å²) in [6, 6.07) is 2.92. The Morgan fingerprint density at radius 3 is 2.53 bits per heavy atom. The molecule has 1 fully saturated rings. The summed E-state index contributed by atoms with van der Waals surface area (Å²) in [4.78, 5) is 10.6. The molecule has 1 aliphatic heterocycles. The first kappa shape index (κ1) is 12.0. The van der Waals surface area contributed by atoms with Crippen LogP contribution in [0.4, 0.5) is 5.88 Å². The first-order valence-corrected chi connectivity index (χ1v) is 7.08. The van der Waals surface area contributed by atoms with Gasteiger partial charge in [-0.3, -0.25) is 0 Å². The van der Waals surface area contributed by atoms with E-state index in [-0.39, 0.29) is 23.3 Å². The third-order valence-electron chi connectivity index (χ3n) is 2.72. The maximum atomic E-state index is 11.2. The standard InChI is InChI=1S/C10H13NO5S/c12-10(13)8-1-2-9(16-8)11-7-3-5-17(14,15)6-4-7/h1-2,7,11H,3-6H2,(H,12,13). The van der Waals surface area contributed by atoms with Gasteiger partial charge in [0.2, 0.25) is 5.76 Å². The van der Waals surface area contributed by atoms with Gasteiger partial charge in [0, 0.05) is 12.1 Å². The molecule has 0 radical (unpaired) electrons. The SMILES string of the molecule is O=C(O)c1ccc(NC2CCS(=O)(=O)CC2)o1. The van der Waals surface area contributed by atoms with Crippen molar-refractivity contribution in [2.45, 2.75) is 18.9 Å². The lowest BCUT2D eigenvalue weighted by atomic mass is 10.1. The van der Waals surface area contributed by atoms with Crippen LogP contribution in [0.2, 0.25) is 0 Å². The second-order valence-electron chi connectivity index (χ2n) is 4.04. The van der Waals surface area contributed by atoms with Gasteiger partial charge in [-0.05, 0) is 18.9 Å². The van der Waals surface area contributed by atoms with Crippen LogP contribution in [0.3, 0.4) is 0 Å². The van der Waals surface area contributed by atoms with Gasteiger partial charge in [-0.1, -0.05) is 0 Å². The maximum Gasteiger partial charge on any atom is 0.371 e. The molecule has 17 heavy (non-hydrogen) atoms. The van der Waals surface area contributed by atoms with Crippen molar-refractivity contribution >= 4 is 21.7 Å². The lowest BCUT2D eigenvalue weighted by Gasteiger charge is -2.22. The summed E-state index contributed by atoms with van der Waals surface area (Å²) in [6.07, 6.45) is 1.04. The Bertz CT molecular complexity index is 505. The van der Waals surface area contributed by atoms with Gasteiger partial charge in [-0.25, -0.2) is 13.2 Å². The number of hydrogen-bond acceptors (Lipinski definition) is 5. The molecule has 2 rings (SSSR count). The number of carboxylic acid groups (broad SMARTS) is 1. The molecular formula is C10H13NO5S. The first-order valence-electron chi connectivity index (χ1n) is 5.26. The first-order chi connectivity index (χ1) is 7.96. The van der Waals surface area contributed by atoms with Crippen molar-refractivity contribution in [3.05, 3.63) is 17.9 Å². The second-order valence-corrected chi connectivity index (χ2v) is 6.34. The van der Waals surface area contributed by atoms with E-state index in [1.54, 1.807) is 0 Å². The quantitative estimate of drug-likeness (QED) is 0.839. The molecule has 0 aliphatic carbocycles. The Hall–Kier alpha value is -1.50. The fraction of sp³-hybridized carbons (Fsp3) is 0.500. The lowest BCUT2D eigenvalue weighted by Crippen LogP contribution is -2.31. The largest absolute Gasteiger partial charge is 0.475 e. The van der Waals surface area contributed by atoms with Crippen LogP contribution in [0.25, 0.3) is 0 Å². The van der Waals surface area contributed by atoms with Crippen molar-refractivity contribution in [3.63, 3.8) is 0 Å². The molecule has 7 heteroatoms. The predicted octanol–water partition coefficient (Wildman–Crippen LogP) is 0.967. The Balaban J connectivity index is 1.95. The number of hydrogen-bond donors (Lipinski definition) is 2. The minimum absolute atomic E-state index is 0.0197. The normalized spacial score (nSPS) is 20.0. The number of carbonyl (C=O) groups is 1. The van der Waals surface area contributed by atoms with E-state index in [4.69, 9.17) is 9.52 Å². The Morgan fingerprint density at radius 2 is 2.00 bits per heavy atom. The molecule has 1 aromatic rings. The minimum Gasteiger partial charge on any atom is -0.475 e. The third kappa shape index (κ3) is 3.00. The molecule has 94 valence electrons. The number of aromatic carboxylic acids is 1. The number of rotatable bonds is 3. The molecule has 1 saturated heterocycles. The molecule has 2 heterocycles. The van der Waals surface area contributed by atoms with Gasteiger partial charge in [0.05, 0.1) is 11.5 Å². The molecular weight excluding hydrogens is 246 g/mol. The van der Waals surface area contributed by atoms with Crippen molar-refractivity contribution in [1.29, 1.82) is 0 Å². The Kier molecular flexibility index (Phi) is 3.10. The van der Waals surface area contributed by atoms with E-state index >= 15 is 0 Å². The summed E-state index contributed by atoms with van der Waals surface area (Å²) in [5, 5.41) is 11.7. The van der Waals surface area contributed by atoms with E-state index in [0.29, 0.717) is 18.7 Å². The number of carboxylic acids is 1. The topological polar surface area (TPSA) is 96.6 Å². The van der Waals surface area contributed by atoms with Crippen LogP contribution in [0.1, 0.15) is 23.4 Å². The highest BCUT2D eigenvalue weighted by Crippen LogP contribution is 2.19. The number of nitrogens with one attached hydrogen (secondary N) is 1. The zero-order valence-electron chi connectivity index (χ0n) is 9.05. The molecule has 6 nitrogen and oxygen atoms in total. The minimum atomic E-state index is -2.88. The molecule has 1 aromatic heterocycles. The summed E-state index contributed by atoms with van der Waals surface area (Å²) >= 11 is 0. The van der Waals surface area contributed by atoms with E-state index < -0.39 is 15.8 Å². The van der Waals surface area contributed by atoms with Crippen LogP contribution in [-0.2, 0) is 9.84 Å². The zero-order valence-corrected chi connectivity index (χ0v) is 9.87. The fourth-order valence-electron chi connectivity index (χ4n) is 1.77. The molecule has 0 unspecified atom stereocenters. The highest BCUT2D eigenvalue weighted by molar-refractivity contribution is 7.91. The molecule has 0 atom stereocenters. The van der Waals surface area contributed by atoms with Gasteiger partial charge < -0.3 is 14.8 Å². The predicted molar refractivity (Wildman–Crippen MR) is 61.0 cm³/mol. The Morgan fingerprint density at radius 1 is 1.35 bits per heavy atom. The summed E-state index contributed by atoms with van der Waals surface area (Å²) in [5.41, 5.74) is 0. The average molecular weight is 259 g/mol. The van der Waals surface area contributed by atoms with E-state index in [9.17, 15) is 13.2 Å².